The largest absolute Gasteiger partial charge is 0.496 e. The zero-order chi connectivity index (χ0) is 23.8. The minimum Gasteiger partial charge on any atom is -0.496 e. The molecule has 0 fully saturated rings. The smallest absolute Gasteiger partial charge is 0.305 e. The number of aliphatic carboxylic acids is 1. The van der Waals surface area contributed by atoms with Gasteiger partial charge in [-0.15, -0.1) is 0 Å². The molecule has 0 atom stereocenters. The number of carboxylic acids is 1. The third-order valence-electron chi connectivity index (χ3n) is 5.08. The van der Waals surface area contributed by atoms with E-state index >= 15 is 0 Å². The van der Waals surface area contributed by atoms with Gasteiger partial charge in [-0.25, -0.2) is 0 Å². The second-order valence-electron chi connectivity index (χ2n) is 7.50. The van der Waals surface area contributed by atoms with Gasteiger partial charge in [0.05, 0.1) is 24.8 Å². The topological polar surface area (TPSA) is 97.6 Å². The molecule has 170 valence electrons. The van der Waals surface area contributed by atoms with Gasteiger partial charge in [-0.1, -0.05) is 48.0 Å². The Kier molecular flexibility index (Phi) is 7.81. The molecule has 0 saturated carbocycles. The third-order valence-corrected chi connectivity index (χ3v) is 5.08. The van der Waals surface area contributed by atoms with Gasteiger partial charge in [0.25, 0.3) is 5.91 Å². The number of nitrogens with zero attached hydrogens (tertiary/aromatic N) is 1. The van der Waals surface area contributed by atoms with Crippen LogP contribution in [0.25, 0.3) is 6.08 Å². The second kappa shape index (κ2) is 10.9. The molecule has 7 heteroatoms. The Labute approximate surface area is 192 Å². The average molecular weight is 447 g/mol. The highest BCUT2D eigenvalue weighted by atomic mass is 16.5. The van der Waals surface area contributed by atoms with Crippen LogP contribution in [0.2, 0.25) is 0 Å². The number of hydrogen-bond acceptors (Lipinski definition) is 4. The van der Waals surface area contributed by atoms with Gasteiger partial charge in [0.1, 0.15) is 5.75 Å². The van der Waals surface area contributed by atoms with E-state index in [1.807, 2.05) is 66.2 Å². The summed E-state index contributed by atoms with van der Waals surface area (Å²) in [7, 11) is 1.47. The lowest BCUT2D eigenvalue weighted by atomic mass is 10.1. The van der Waals surface area contributed by atoms with Crippen molar-refractivity contribution in [1.82, 2.24) is 9.88 Å². The fourth-order valence-corrected chi connectivity index (χ4v) is 3.32. The van der Waals surface area contributed by atoms with Crippen LogP contribution in [-0.2, 0) is 11.3 Å². The van der Waals surface area contributed by atoms with Crippen molar-refractivity contribution in [3.63, 3.8) is 0 Å². The summed E-state index contributed by atoms with van der Waals surface area (Å²) < 4.78 is 7.12. The van der Waals surface area contributed by atoms with Crippen LogP contribution in [0.5, 0.6) is 5.75 Å². The molecule has 1 amide bonds. The fourth-order valence-electron chi connectivity index (χ4n) is 3.32. The van der Waals surface area contributed by atoms with Crippen LogP contribution in [0.15, 0.2) is 66.9 Å². The van der Waals surface area contributed by atoms with Crippen LogP contribution in [0.3, 0.4) is 0 Å². The molecule has 0 aliphatic carbocycles. The third kappa shape index (κ3) is 6.20. The number of rotatable bonds is 10. The molecule has 0 radical (unpaired) electrons. The predicted octanol–water partition coefficient (Wildman–Crippen LogP) is 3.95. The molecule has 2 N–H and O–H groups in total. The Bertz CT molecular complexity index is 1180. The molecule has 3 aromatic rings. The number of nitrogens with one attached hydrogen (secondary N) is 1. The van der Waals surface area contributed by atoms with Crippen molar-refractivity contribution in [3.8, 4) is 5.75 Å². The Morgan fingerprint density at radius 2 is 1.85 bits per heavy atom. The van der Waals surface area contributed by atoms with Crippen LogP contribution in [0.4, 0.5) is 0 Å². The van der Waals surface area contributed by atoms with E-state index < -0.39 is 11.9 Å². The number of methoxy groups -OCH3 is 1. The summed E-state index contributed by atoms with van der Waals surface area (Å²) in [6.07, 6.45) is 5.45. The molecule has 2 aromatic carbocycles. The fraction of sp³-hybridized carbons (Fsp3) is 0.192. The monoisotopic (exact) mass is 446 g/mol. The number of ether oxygens (including phenoxy) is 1. The van der Waals surface area contributed by atoms with Gasteiger partial charge >= 0.3 is 5.97 Å². The van der Waals surface area contributed by atoms with E-state index in [1.54, 1.807) is 18.2 Å². The lowest BCUT2D eigenvalue weighted by Crippen LogP contribution is -2.26. The summed E-state index contributed by atoms with van der Waals surface area (Å²) >= 11 is 0. The van der Waals surface area contributed by atoms with Gasteiger partial charge in [0, 0.05) is 24.8 Å². The van der Waals surface area contributed by atoms with E-state index in [0.29, 0.717) is 29.1 Å². The predicted molar refractivity (Wildman–Crippen MR) is 126 cm³/mol. The minimum atomic E-state index is -0.982. The summed E-state index contributed by atoms with van der Waals surface area (Å²) in [5, 5.41) is 11.3. The Morgan fingerprint density at radius 1 is 1.09 bits per heavy atom. The molecular formula is C26H26N2O5. The number of amides is 1. The number of allylic oxidation sites excluding steroid dienone is 1. The van der Waals surface area contributed by atoms with Crippen molar-refractivity contribution < 1.29 is 24.2 Å². The molecule has 0 bridgehead atoms. The average Bonchev–Trinajstić information content (AvgIpc) is 3.27. The standard InChI is InChI=1S/C26H26N2O5/c1-18-7-10-20(11-8-18)25(31)22-6-4-16-28(22)15-3-5-19-9-12-23(33-2)21(17-19)26(32)27-14-13-24(29)30/h3-12,16-17H,13-15H2,1-2H3,(H,27,32)(H,29,30)/b5-3+. The molecule has 7 nitrogen and oxygen atoms in total. The highest BCUT2D eigenvalue weighted by Gasteiger charge is 2.14. The summed E-state index contributed by atoms with van der Waals surface area (Å²) in [5.41, 5.74) is 3.42. The molecule has 0 aliphatic heterocycles. The van der Waals surface area contributed by atoms with Crippen LogP contribution in [0, 0.1) is 6.92 Å². The van der Waals surface area contributed by atoms with Crippen LogP contribution in [-0.4, -0.2) is 41.0 Å². The van der Waals surface area contributed by atoms with Gasteiger partial charge < -0.3 is 19.7 Å². The van der Waals surface area contributed by atoms with Crippen molar-refractivity contribution in [3.05, 3.63) is 94.8 Å². The zero-order valence-electron chi connectivity index (χ0n) is 18.6. The first-order valence-electron chi connectivity index (χ1n) is 10.5. The van der Waals surface area contributed by atoms with Crippen molar-refractivity contribution in [2.45, 2.75) is 19.9 Å². The SMILES string of the molecule is COc1ccc(/C=C/Cn2cccc2C(=O)c2ccc(C)cc2)cc1C(=O)NCCC(=O)O. The highest BCUT2D eigenvalue weighted by molar-refractivity contribution is 6.08. The quantitative estimate of drug-likeness (QED) is 0.460. The van der Waals surface area contributed by atoms with E-state index in [1.165, 1.54) is 7.11 Å². The maximum absolute atomic E-state index is 12.9. The summed E-state index contributed by atoms with van der Waals surface area (Å²) in [5.74, 6) is -1.03. The normalized spacial score (nSPS) is 10.8. The number of aromatic nitrogens is 1. The lowest BCUT2D eigenvalue weighted by Gasteiger charge is -2.10. The maximum atomic E-state index is 12.9. The van der Waals surface area contributed by atoms with E-state index in [-0.39, 0.29) is 18.7 Å². The van der Waals surface area contributed by atoms with Crippen molar-refractivity contribution in [1.29, 1.82) is 0 Å². The molecule has 0 spiro atoms. The molecule has 33 heavy (non-hydrogen) atoms. The van der Waals surface area contributed by atoms with Crippen LogP contribution < -0.4 is 10.1 Å². The maximum Gasteiger partial charge on any atom is 0.305 e. The number of ketones is 1. The Balaban J connectivity index is 1.71. The van der Waals surface area contributed by atoms with Gasteiger partial charge in [-0.3, -0.25) is 14.4 Å². The van der Waals surface area contributed by atoms with E-state index in [2.05, 4.69) is 5.32 Å². The Morgan fingerprint density at radius 3 is 2.55 bits per heavy atom. The van der Waals surface area contributed by atoms with Gasteiger partial charge in [0.2, 0.25) is 5.78 Å². The minimum absolute atomic E-state index is 0.0306. The number of carbonyl (C=O) groups excluding carboxylic acids is 2. The van der Waals surface area contributed by atoms with Gasteiger partial charge in [0.15, 0.2) is 0 Å². The van der Waals surface area contributed by atoms with Crippen molar-refractivity contribution in [2.24, 2.45) is 0 Å². The lowest BCUT2D eigenvalue weighted by molar-refractivity contribution is -0.136. The zero-order valence-corrected chi connectivity index (χ0v) is 18.6. The molecular weight excluding hydrogens is 420 g/mol. The highest BCUT2D eigenvalue weighted by Crippen LogP contribution is 2.21. The number of aryl methyl sites for hydroxylation is 1. The van der Waals surface area contributed by atoms with E-state index in [0.717, 1.165) is 11.1 Å². The second-order valence-corrected chi connectivity index (χ2v) is 7.50. The van der Waals surface area contributed by atoms with Crippen LogP contribution >= 0.6 is 0 Å². The van der Waals surface area contributed by atoms with Crippen molar-refractivity contribution in [2.75, 3.05) is 13.7 Å². The first kappa shape index (κ1) is 23.5. The summed E-state index contributed by atoms with van der Waals surface area (Å²) in [6, 6.07) is 16.3. The molecule has 1 heterocycles. The molecule has 1 aromatic heterocycles. The van der Waals surface area contributed by atoms with Crippen LogP contribution in [0.1, 0.15) is 44.0 Å². The van der Waals surface area contributed by atoms with E-state index in [9.17, 15) is 14.4 Å². The first-order chi connectivity index (χ1) is 15.9. The molecule has 0 unspecified atom stereocenters. The first-order valence-corrected chi connectivity index (χ1v) is 10.5. The van der Waals surface area contributed by atoms with Crippen molar-refractivity contribution >= 4 is 23.7 Å². The summed E-state index contributed by atoms with van der Waals surface area (Å²) in [6.45, 7) is 2.49. The number of hydrogen-bond donors (Lipinski definition) is 2. The summed E-state index contributed by atoms with van der Waals surface area (Å²) in [4.78, 5) is 36.0. The molecule has 0 saturated heterocycles. The van der Waals surface area contributed by atoms with E-state index in [4.69, 9.17) is 9.84 Å². The van der Waals surface area contributed by atoms with Gasteiger partial charge in [-0.2, -0.15) is 0 Å². The molecule has 3 rings (SSSR count). The Hall–Kier alpha value is -4.13. The number of carboxylic acid groups (broad SMARTS) is 1. The number of benzene rings is 2. The number of carbonyl (C=O) groups is 3. The molecule has 0 aliphatic rings. The van der Waals surface area contributed by atoms with Gasteiger partial charge in [-0.05, 0) is 36.8 Å².